The lowest BCUT2D eigenvalue weighted by atomic mass is 9.90. The van der Waals surface area contributed by atoms with Gasteiger partial charge in [-0.25, -0.2) is 4.79 Å². The number of hydrogen-bond donors (Lipinski definition) is 1. The number of piperidine rings is 1. The molecule has 20 heavy (non-hydrogen) atoms. The maximum Gasteiger partial charge on any atom is 0.326 e. The van der Waals surface area contributed by atoms with Gasteiger partial charge in [0.05, 0.1) is 10.5 Å². The minimum atomic E-state index is -0.872. The minimum absolute atomic E-state index is 0.0277. The monoisotopic (exact) mass is 278 g/mol. The van der Waals surface area contributed by atoms with Crippen LogP contribution in [0.25, 0.3) is 0 Å². The van der Waals surface area contributed by atoms with Crippen molar-refractivity contribution in [1.82, 2.24) is 0 Å². The van der Waals surface area contributed by atoms with E-state index in [0.29, 0.717) is 17.8 Å². The molecular weight excluding hydrogens is 260 g/mol. The maximum atomic E-state index is 11.5. The van der Waals surface area contributed by atoms with Crippen LogP contribution < -0.4 is 4.90 Å². The van der Waals surface area contributed by atoms with Crippen molar-refractivity contribution in [2.75, 3.05) is 11.4 Å². The molecule has 0 aromatic heterocycles. The molecule has 0 aliphatic carbocycles. The van der Waals surface area contributed by atoms with Gasteiger partial charge in [-0.2, -0.15) is 0 Å². The SMILES string of the molecule is Cc1c(N2CCCC(C)C2C(=O)O)cccc1[N+](=O)[O-]. The lowest BCUT2D eigenvalue weighted by Gasteiger charge is -2.39. The van der Waals surface area contributed by atoms with Crippen molar-refractivity contribution >= 4 is 17.3 Å². The predicted molar refractivity (Wildman–Crippen MR) is 75.0 cm³/mol. The number of nitro benzene ring substituents is 1. The van der Waals surface area contributed by atoms with E-state index >= 15 is 0 Å². The third-order valence-corrected chi connectivity index (χ3v) is 3.97. The first-order valence-corrected chi connectivity index (χ1v) is 6.67. The zero-order valence-corrected chi connectivity index (χ0v) is 11.6. The zero-order valence-electron chi connectivity index (χ0n) is 11.6. The summed E-state index contributed by atoms with van der Waals surface area (Å²) >= 11 is 0. The number of carbonyl (C=O) groups is 1. The highest BCUT2D eigenvalue weighted by molar-refractivity contribution is 5.80. The molecule has 2 rings (SSSR count). The van der Waals surface area contributed by atoms with Crippen LogP contribution >= 0.6 is 0 Å². The van der Waals surface area contributed by atoms with Crippen molar-refractivity contribution in [3.8, 4) is 0 Å². The van der Waals surface area contributed by atoms with Crippen LogP contribution in [-0.4, -0.2) is 28.6 Å². The Morgan fingerprint density at radius 1 is 1.50 bits per heavy atom. The smallest absolute Gasteiger partial charge is 0.326 e. The largest absolute Gasteiger partial charge is 0.480 e. The number of rotatable bonds is 3. The highest BCUT2D eigenvalue weighted by Gasteiger charge is 2.35. The number of nitro groups is 1. The molecular formula is C14H18N2O4. The molecule has 0 spiro atoms. The van der Waals surface area contributed by atoms with E-state index in [4.69, 9.17) is 0 Å². The van der Waals surface area contributed by atoms with Crippen molar-refractivity contribution in [2.45, 2.75) is 32.7 Å². The summed E-state index contributed by atoms with van der Waals surface area (Å²) in [6.45, 7) is 4.20. The van der Waals surface area contributed by atoms with Crippen LogP contribution in [0, 0.1) is 23.0 Å². The molecule has 1 aromatic carbocycles. The van der Waals surface area contributed by atoms with Gasteiger partial charge in [0.1, 0.15) is 6.04 Å². The average molecular weight is 278 g/mol. The number of carboxylic acids is 1. The fourth-order valence-electron chi connectivity index (χ4n) is 2.96. The third-order valence-electron chi connectivity index (χ3n) is 3.97. The molecule has 6 heteroatoms. The summed E-state index contributed by atoms with van der Waals surface area (Å²) in [6, 6.07) is 4.20. The molecule has 0 radical (unpaired) electrons. The summed E-state index contributed by atoms with van der Waals surface area (Å²) in [6.07, 6.45) is 1.76. The molecule has 1 N–H and O–H groups in total. The van der Waals surface area contributed by atoms with Gasteiger partial charge in [-0.05, 0) is 31.7 Å². The fraction of sp³-hybridized carbons (Fsp3) is 0.500. The second-order valence-corrected chi connectivity index (χ2v) is 5.27. The van der Waals surface area contributed by atoms with Crippen molar-refractivity contribution < 1.29 is 14.8 Å². The van der Waals surface area contributed by atoms with E-state index in [-0.39, 0.29) is 11.6 Å². The Kier molecular flexibility index (Phi) is 3.92. The first-order valence-electron chi connectivity index (χ1n) is 6.67. The van der Waals surface area contributed by atoms with Crippen LogP contribution in [0.15, 0.2) is 18.2 Å². The summed E-state index contributed by atoms with van der Waals surface area (Å²) in [4.78, 5) is 23.9. The lowest BCUT2D eigenvalue weighted by Crippen LogP contribution is -2.49. The van der Waals surface area contributed by atoms with Crippen LogP contribution in [0.4, 0.5) is 11.4 Å². The summed E-state index contributed by atoms with van der Waals surface area (Å²) in [7, 11) is 0. The predicted octanol–water partition coefficient (Wildman–Crippen LogP) is 2.59. The van der Waals surface area contributed by atoms with Crippen LogP contribution in [0.3, 0.4) is 0 Å². The average Bonchev–Trinajstić information content (AvgIpc) is 2.37. The molecule has 0 bridgehead atoms. The quantitative estimate of drug-likeness (QED) is 0.678. The Balaban J connectivity index is 2.46. The molecule has 1 fully saturated rings. The van der Waals surface area contributed by atoms with Crippen molar-refractivity contribution in [3.63, 3.8) is 0 Å². The van der Waals surface area contributed by atoms with Crippen LogP contribution in [0.2, 0.25) is 0 Å². The van der Waals surface area contributed by atoms with Gasteiger partial charge in [0.2, 0.25) is 0 Å². The van der Waals surface area contributed by atoms with Crippen molar-refractivity contribution in [1.29, 1.82) is 0 Å². The van der Waals surface area contributed by atoms with Gasteiger partial charge in [-0.1, -0.05) is 13.0 Å². The first kappa shape index (κ1) is 14.3. The van der Waals surface area contributed by atoms with Crippen LogP contribution in [0.1, 0.15) is 25.3 Å². The fourth-order valence-corrected chi connectivity index (χ4v) is 2.96. The highest BCUT2D eigenvalue weighted by Crippen LogP contribution is 2.34. The molecule has 1 aliphatic heterocycles. The molecule has 1 heterocycles. The van der Waals surface area contributed by atoms with E-state index in [0.717, 1.165) is 12.8 Å². The highest BCUT2D eigenvalue weighted by atomic mass is 16.6. The Labute approximate surface area is 117 Å². The van der Waals surface area contributed by atoms with Gasteiger partial charge in [0.15, 0.2) is 0 Å². The van der Waals surface area contributed by atoms with Gasteiger partial charge in [-0.15, -0.1) is 0 Å². The third kappa shape index (κ3) is 2.45. The number of anilines is 1. The van der Waals surface area contributed by atoms with E-state index in [2.05, 4.69) is 0 Å². The number of carboxylic acid groups (broad SMARTS) is 1. The molecule has 108 valence electrons. The van der Waals surface area contributed by atoms with E-state index in [9.17, 15) is 20.0 Å². The van der Waals surface area contributed by atoms with Crippen LogP contribution in [0.5, 0.6) is 0 Å². The van der Waals surface area contributed by atoms with Gasteiger partial charge >= 0.3 is 5.97 Å². The molecule has 0 saturated carbocycles. The van der Waals surface area contributed by atoms with Crippen LogP contribution in [-0.2, 0) is 4.79 Å². The van der Waals surface area contributed by atoms with E-state index in [1.54, 1.807) is 24.0 Å². The molecule has 2 unspecified atom stereocenters. The maximum absolute atomic E-state index is 11.5. The number of hydrogen-bond acceptors (Lipinski definition) is 4. The van der Waals surface area contributed by atoms with Crippen molar-refractivity contribution in [3.05, 3.63) is 33.9 Å². The van der Waals surface area contributed by atoms with Gasteiger partial charge in [-0.3, -0.25) is 10.1 Å². The van der Waals surface area contributed by atoms with E-state index in [1.807, 2.05) is 6.92 Å². The lowest BCUT2D eigenvalue weighted by molar-refractivity contribution is -0.385. The molecule has 1 aromatic rings. The molecule has 1 saturated heterocycles. The molecule has 0 amide bonds. The standard InChI is InChI=1S/C14H18N2O4/c1-9-5-4-8-15(13(9)14(17)18)11-6-3-7-12(10(11)2)16(19)20/h3,6-7,9,13H,4-5,8H2,1-2H3,(H,17,18). The van der Waals surface area contributed by atoms with Gasteiger partial charge in [0.25, 0.3) is 5.69 Å². The topological polar surface area (TPSA) is 83.7 Å². The summed E-state index contributed by atoms with van der Waals surface area (Å²) in [5.41, 5.74) is 1.21. The summed E-state index contributed by atoms with van der Waals surface area (Å²) in [5, 5.41) is 20.4. The molecule has 6 nitrogen and oxygen atoms in total. The van der Waals surface area contributed by atoms with Gasteiger partial charge < -0.3 is 10.0 Å². The Hall–Kier alpha value is -2.11. The van der Waals surface area contributed by atoms with Crippen molar-refractivity contribution in [2.24, 2.45) is 5.92 Å². The Morgan fingerprint density at radius 2 is 2.20 bits per heavy atom. The molecule has 1 aliphatic rings. The zero-order chi connectivity index (χ0) is 14.9. The summed E-state index contributed by atoms with van der Waals surface area (Å²) in [5.74, 6) is -0.844. The van der Waals surface area contributed by atoms with E-state index in [1.165, 1.54) is 6.07 Å². The first-order chi connectivity index (χ1) is 9.43. The molecule has 2 atom stereocenters. The summed E-state index contributed by atoms with van der Waals surface area (Å²) < 4.78 is 0. The second kappa shape index (κ2) is 5.48. The number of aliphatic carboxylic acids is 1. The van der Waals surface area contributed by atoms with Gasteiger partial charge in [0, 0.05) is 18.3 Å². The second-order valence-electron chi connectivity index (χ2n) is 5.27. The minimum Gasteiger partial charge on any atom is -0.480 e. The Morgan fingerprint density at radius 3 is 2.80 bits per heavy atom. The number of nitrogens with zero attached hydrogens (tertiary/aromatic N) is 2. The normalized spacial score (nSPS) is 22.6. The number of benzene rings is 1. The Bertz CT molecular complexity index is 544. The van der Waals surface area contributed by atoms with E-state index < -0.39 is 16.9 Å².